The average Bonchev–Trinajstić information content (AvgIpc) is 3.53. The van der Waals surface area contributed by atoms with Gasteiger partial charge < -0.3 is 9.64 Å². The minimum absolute atomic E-state index is 0.349. The second kappa shape index (κ2) is 6.99. The van der Waals surface area contributed by atoms with Gasteiger partial charge in [-0.15, -0.1) is 0 Å². The van der Waals surface area contributed by atoms with Gasteiger partial charge in [-0.05, 0) is 42.7 Å². The molecule has 2 saturated heterocycles. The number of hydrogen-bond donors (Lipinski definition) is 0. The van der Waals surface area contributed by atoms with Gasteiger partial charge in [0.15, 0.2) is 5.82 Å². The van der Waals surface area contributed by atoms with E-state index < -0.39 is 0 Å². The van der Waals surface area contributed by atoms with E-state index in [2.05, 4.69) is 49.1 Å². The van der Waals surface area contributed by atoms with Gasteiger partial charge in [-0.3, -0.25) is 4.90 Å². The average molecular weight is 442 g/mol. The molecule has 1 spiro atoms. The molecule has 1 atom stereocenters. The monoisotopic (exact) mass is 441 g/mol. The number of fused-ring (bicyclic) bond motifs is 2. The lowest BCUT2D eigenvalue weighted by atomic mass is 9.57. The van der Waals surface area contributed by atoms with Crippen molar-refractivity contribution in [1.29, 1.82) is 5.26 Å². The maximum Gasteiger partial charge on any atom is 0.159 e. The van der Waals surface area contributed by atoms with Crippen molar-refractivity contribution in [3.05, 3.63) is 42.4 Å². The van der Waals surface area contributed by atoms with Crippen LogP contribution in [0.15, 0.2) is 36.8 Å². The summed E-state index contributed by atoms with van der Waals surface area (Å²) in [5.41, 5.74) is 2.21. The third-order valence-electron chi connectivity index (χ3n) is 8.27. The summed E-state index contributed by atoms with van der Waals surface area (Å²) in [5, 5.41) is 15.7. The highest BCUT2D eigenvalue weighted by Crippen LogP contribution is 2.68. The molecular formula is C25H27N7O. The maximum atomic E-state index is 10.0. The van der Waals surface area contributed by atoms with Crippen molar-refractivity contribution >= 4 is 16.7 Å². The highest BCUT2D eigenvalue weighted by atomic mass is 16.5. The molecule has 2 saturated carbocycles. The van der Waals surface area contributed by atoms with Crippen LogP contribution in [0, 0.1) is 16.7 Å². The van der Waals surface area contributed by atoms with E-state index >= 15 is 0 Å². The molecule has 2 aliphatic heterocycles. The van der Waals surface area contributed by atoms with E-state index in [0.29, 0.717) is 11.5 Å². The lowest BCUT2D eigenvalue weighted by Crippen LogP contribution is -2.58. The Balaban J connectivity index is 1.21. The van der Waals surface area contributed by atoms with Crippen LogP contribution in [0.3, 0.4) is 0 Å². The number of nitriles is 1. The third-order valence-corrected chi connectivity index (χ3v) is 8.27. The van der Waals surface area contributed by atoms with Gasteiger partial charge >= 0.3 is 0 Å². The maximum absolute atomic E-state index is 10.0. The second-order valence-electron chi connectivity index (χ2n) is 10.3. The van der Waals surface area contributed by atoms with Gasteiger partial charge in [0.2, 0.25) is 0 Å². The first kappa shape index (κ1) is 19.4. The lowest BCUT2D eigenvalue weighted by molar-refractivity contribution is -0.0117. The van der Waals surface area contributed by atoms with Gasteiger partial charge in [0.1, 0.15) is 12.1 Å². The molecule has 4 heterocycles. The molecule has 0 bridgehead atoms. The van der Waals surface area contributed by atoms with Gasteiger partial charge in [-0.2, -0.15) is 10.4 Å². The predicted octanol–water partition coefficient (Wildman–Crippen LogP) is 2.67. The molecular weight excluding hydrogens is 414 g/mol. The molecule has 1 unspecified atom stereocenters. The number of benzene rings is 1. The largest absolute Gasteiger partial charge is 0.378 e. The van der Waals surface area contributed by atoms with E-state index in [9.17, 15) is 5.26 Å². The Morgan fingerprint density at radius 2 is 1.94 bits per heavy atom. The molecule has 8 heteroatoms. The number of hydrogen-bond acceptors (Lipinski definition) is 7. The number of aromatic nitrogens is 4. The van der Waals surface area contributed by atoms with Crippen LogP contribution in [0.1, 0.15) is 31.2 Å². The van der Waals surface area contributed by atoms with Crippen molar-refractivity contribution in [2.75, 3.05) is 44.3 Å². The number of ether oxygens (including phenoxy) is 1. The first-order valence-corrected chi connectivity index (χ1v) is 12.0. The summed E-state index contributed by atoms with van der Waals surface area (Å²) in [7, 11) is 0. The molecule has 0 radical (unpaired) electrons. The molecule has 0 N–H and O–H groups in total. The first-order chi connectivity index (χ1) is 16.2. The quantitative estimate of drug-likeness (QED) is 0.618. The van der Waals surface area contributed by atoms with Gasteiger partial charge in [-0.1, -0.05) is 12.1 Å². The zero-order chi connectivity index (χ0) is 22.0. The van der Waals surface area contributed by atoms with E-state index in [-0.39, 0.29) is 5.41 Å². The van der Waals surface area contributed by atoms with Crippen LogP contribution in [0.4, 0.5) is 5.82 Å². The Hall–Kier alpha value is -3.02. The van der Waals surface area contributed by atoms with Crippen LogP contribution in [0.2, 0.25) is 0 Å². The Morgan fingerprint density at radius 3 is 2.79 bits per heavy atom. The lowest BCUT2D eigenvalue weighted by Gasteiger charge is -2.44. The summed E-state index contributed by atoms with van der Waals surface area (Å²) in [5.74, 6) is 1.68. The van der Waals surface area contributed by atoms with E-state index in [1.165, 1.54) is 12.8 Å². The predicted molar refractivity (Wildman–Crippen MR) is 123 cm³/mol. The van der Waals surface area contributed by atoms with Gasteiger partial charge in [0.05, 0.1) is 42.5 Å². The minimum Gasteiger partial charge on any atom is -0.378 e. The first-order valence-electron chi connectivity index (χ1n) is 12.0. The zero-order valence-electron chi connectivity index (χ0n) is 18.7. The SMILES string of the molecule is N#CC1(c2ccc3cnn(-c4cc(N5CCN6CCOCC6C5)ncn4)c3c2)CC2(CC2)C1. The molecule has 8 nitrogen and oxygen atoms in total. The summed E-state index contributed by atoms with van der Waals surface area (Å²) in [6, 6.07) is 11.4. The third kappa shape index (κ3) is 3.06. The van der Waals surface area contributed by atoms with Crippen LogP contribution >= 0.6 is 0 Å². The highest BCUT2D eigenvalue weighted by Gasteiger charge is 2.61. The van der Waals surface area contributed by atoms with E-state index in [1.54, 1.807) is 6.33 Å². The summed E-state index contributed by atoms with van der Waals surface area (Å²) in [6.45, 7) is 5.51. The van der Waals surface area contributed by atoms with Gasteiger partial charge in [-0.25, -0.2) is 14.6 Å². The number of rotatable bonds is 3. The van der Waals surface area contributed by atoms with Crippen molar-refractivity contribution in [3.63, 3.8) is 0 Å². The van der Waals surface area contributed by atoms with Crippen molar-refractivity contribution in [2.45, 2.75) is 37.1 Å². The summed E-state index contributed by atoms with van der Waals surface area (Å²) < 4.78 is 7.58. The van der Waals surface area contributed by atoms with E-state index in [1.807, 2.05) is 16.9 Å². The second-order valence-corrected chi connectivity index (χ2v) is 10.3. The normalized spacial score (nSPS) is 25.4. The fourth-order valence-corrected chi connectivity index (χ4v) is 6.19. The fourth-order valence-electron chi connectivity index (χ4n) is 6.19. The Bertz CT molecular complexity index is 1270. The van der Waals surface area contributed by atoms with Crippen LogP contribution < -0.4 is 4.90 Å². The molecule has 1 aromatic carbocycles. The Morgan fingerprint density at radius 1 is 1.06 bits per heavy atom. The molecule has 4 fully saturated rings. The van der Waals surface area contributed by atoms with Crippen LogP contribution in [-0.2, 0) is 10.2 Å². The van der Waals surface area contributed by atoms with Crippen molar-refractivity contribution in [1.82, 2.24) is 24.6 Å². The van der Waals surface area contributed by atoms with E-state index in [4.69, 9.17) is 4.74 Å². The van der Waals surface area contributed by atoms with Crippen LogP contribution in [0.25, 0.3) is 16.7 Å². The number of piperazine rings is 1. The molecule has 3 aromatic rings. The van der Waals surface area contributed by atoms with Crippen LogP contribution in [-0.4, -0.2) is 70.1 Å². The molecule has 0 amide bonds. The smallest absolute Gasteiger partial charge is 0.159 e. The Labute approximate surface area is 192 Å². The zero-order valence-corrected chi connectivity index (χ0v) is 18.7. The Kier molecular flexibility index (Phi) is 4.12. The number of anilines is 1. The minimum atomic E-state index is -0.349. The topological polar surface area (TPSA) is 83.1 Å². The summed E-state index contributed by atoms with van der Waals surface area (Å²) in [6.07, 6.45) is 8.05. The van der Waals surface area contributed by atoms with Crippen molar-refractivity contribution in [3.8, 4) is 11.9 Å². The van der Waals surface area contributed by atoms with Gasteiger partial charge in [0, 0.05) is 37.6 Å². The van der Waals surface area contributed by atoms with Gasteiger partial charge in [0.25, 0.3) is 0 Å². The molecule has 2 aromatic heterocycles. The fraction of sp³-hybridized carbons (Fsp3) is 0.520. The van der Waals surface area contributed by atoms with Crippen LogP contribution in [0.5, 0.6) is 0 Å². The summed E-state index contributed by atoms with van der Waals surface area (Å²) in [4.78, 5) is 14.0. The molecule has 168 valence electrons. The molecule has 4 aliphatic rings. The van der Waals surface area contributed by atoms with Crippen molar-refractivity contribution < 1.29 is 4.74 Å². The number of nitrogens with zero attached hydrogens (tertiary/aromatic N) is 7. The molecule has 2 aliphatic carbocycles. The van der Waals surface area contributed by atoms with E-state index in [0.717, 1.165) is 80.3 Å². The highest BCUT2D eigenvalue weighted by molar-refractivity contribution is 5.81. The molecule has 33 heavy (non-hydrogen) atoms. The van der Waals surface area contributed by atoms with Crippen molar-refractivity contribution in [2.24, 2.45) is 5.41 Å². The summed E-state index contributed by atoms with van der Waals surface area (Å²) >= 11 is 0. The standard InChI is InChI=1S/C25H27N7O/c26-16-25(14-24(15-25)3-4-24)19-2-1-18-11-29-32(21(18)9-19)23-10-22(27-17-28-23)31-6-5-30-7-8-33-13-20(30)12-31/h1-2,9-11,17,20H,3-8,12-15H2. The number of morpholine rings is 1. The molecule has 7 rings (SSSR count).